The van der Waals surface area contributed by atoms with Crippen LogP contribution in [0.25, 0.3) is 0 Å². The van der Waals surface area contributed by atoms with Crippen LogP contribution in [0.3, 0.4) is 0 Å². The van der Waals surface area contributed by atoms with E-state index in [2.05, 4.69) is 6.58 Å². The first-order chi connectivity index (χ1) is 17.7. The van der Waals surface area contributed by atoms with Crippen molar-refractivity contribution < 1.29 is 28.2 Å². The Bertz CT molecular complexity index is 1120. The van der Waals surface area contributed by atoms with Gasteiger partial charge in [0, 0.05) is 19.6 Å². The molecular weight excluding hydrogens is 477 g/mol. The number of fused-ring (bicyclic) bond motifs is 1. The molecule has 2 aliphatic heterocycles. The summed E-state index contributed by atoms with van der Waals surface area (Å²) in [4.78, 5) is 30.3. The lowest BCUT2D eigenvalue weighted by Gasteiger charge is -2.38. The molecule has 0 aliphatic carbocycles. The zero-order valence-corrected chi connectivity index (χ0v) is 21.6. The first kappa shape index (κ1) is 26.5. The van der Waals surface area contributed by atoms with Gasteiger partial charge in [-0.05, 0) is 44.5 Å². The van der Waals surface area contributed by atoms with Gasteiger partial charge in [-0.1, -0.05) is 36.4 Å². The second kappa shape index (κ2) is 11.2. The highest BCUT2D eigenvalue weighted by atomic mass is 19.1. The van der Waals surface area contributed by atoms with Crippen molar-refractivity contribution in [3.8, 4) is 0 Å². The summed E-state index contributed by atoms with van der Waals surface area (Å²) in [6.07, 6.45) is 0.318. The van der Waals surface area contributed by atoms with E-state index >= 15 is 4.39 Å². The molecule has 2 aromatic rings. The number of likely N-dealkylation sites (tertiary alicyclic amines) is 1. The molecule has 8 nitrogen and oxygen atoms in total. The maximum atomic E-state index is 15.5. The Balaban J connectivity index is 1.48. The number of morpholine rings is 1. The maximum absolute atomic E-state index is 15.5. The van der Waals surface area contributed by atoms with Crippen LogP contribution < -0.4 is 9.80 Å². The minimum Gasteiger partial charge on any atom is -0.444 e. The number of hydrogen-bond acceptors (Lipinski definition) is 6. The van der Waals surface area contributed by atoms with Gasteiger partial charge in [0.15, 0.2) is 0 Å². The summed E-state index contributed by atoms with van der Waals surface area (Å²) < 4.78 is 32.4. The zero-order chi connectivity index (χ0) is 26.6. The van der Waals surface area contributed by atoms with E-state index in [4.69, 9.17) is 14.2 Å². The summed E-state index contributed by atoms with van der Waals surface area (Å²) in [5.74, 6) is -0.473. The first-order valence-electron chi connectivity index (χ1n) is 12.4. The van der Waals surface area contributed by atoms with Gasteiger partial charge in [0.1, 0.15) is 18.0 Å². The fourth-order valence-electron chi connectivity index (χ4n) is 4.57. The normalized spacial score (nSPS) is 19.2. The number of ether oxygens (including phenoxy) is 3. The number of carbonyl (C=O) groups is 2. The fraction of sp³-hybridized carbons (Fsp3) is 0.429. The third kappa shape index (κ3) is 6.40. The van der Waals surface area contributed by atoms with Crippen LogP contribution >= 0.6 is 0 Å². The molecule has 0 bridgehead atoms. The summed E-state index contributed by atoms with van der Waals surface area (Å²) >= 11 is 0. The highest BCUT2D eigenvalue weighted by Crippen LogP contribution is 2.32. The van der Waals surface area contributed by atoms with Crippen molar-refractivity contribution in [3.63, 3.8) is 0 Å². The largest absolute Gasteiger partial charge is 0.444 e. The number of rotatable bonds is 6. The average Bonchev–Trinajstić information content (AvgIpc) is 3.31. The van der Waals surface area contributed by atoms with Gasteiger partial charge < -0.3 is 24.0 Å². The summed E-state index contributed by atoms with van der Waals surface area (Å²) in [6.45, 7) is 11.1. The molecule has 2 fully saturated rings. The lowest BCUT2D eigenvalue weighted by Crippen LogP contribution is -2.51. The zero-order valence-electron chi connectivity index (χ0n) is 21.6. The van der Waals surface area contributed by atoms with E-state index in [0.717, 1.165) is 5.56 Å². The summed E-state index contributed by atoms with van der Waals surface area (Å²) in [5.41, 5.74) is 1.01. The molecule has 37 heavy (non-hydrogen) atoms. The Morgan fingerprint density at radius 2 is 1.95 bits per heavy atom. The van der Waals surface area contributed by atoms with E-state index in [1.807, 2.05) is 56.0 Å². The summed E-state index contributed by atoms with van der Waals surface area (Å²) in [7, 11) is 0. The molecule has 0 radical (unpaired) electrons. The number of benzene rings is 2. The van der Waals surface area contributed by atoms with Gasteiger partial charge in [-0.2, -0.15) is 0 Å². The topological polar surface area (TPSA) is 71.6 Å². The van der Waals surface area contributed by atoms with Crippen molar-refractivity contribution in [3.05, 3.63) is 72.6 Å². The Morgan fingerprint density at radius 1 is 1.19 bits per heavy atom. The molecule has 198 valence electrons. The van der Waals surface area contributed by atoms with E-state index in [-0.39, 0.29) is 25.3 Å². The van der Waals surface area contributed by atoms with Crippen LogP contribution in [0.4, 0.5) is 25.4 Å². The predicted octanol–water partition coefficient (Wildman–Crippen LogP) is 4.98. The maximum Gasteiger partial charge on any atom is 0.414 e. The second-order valence-electron chi connectivity index (χ2n) is 10.1. The molecule has 2 heterocycles. The SMILES string of the molecule is C=CCN(C(=O)OCc1ccccc1)c1ccc(N2CCOC3CN(C(=O)OC(C)(C)C)CC32)c(F)c1. The van der Waals surface area contributed by atoms with E-state index in [1.54, 1.807) is 23.1 Å². The van der Waals surface area contributed by atoms with Crippen LogP contribution in [-0.4, -0.2) is 67.6 Å². The number of halogens is 1. The van der Waals surface area contributed by atoms with Gasteiger partial charge in [0.2, 0.25) is 0 Å². The second-order valence-corrected chi connectivity index (χ2v) is 10.1. The van der Waals surface area contributed by atoms with Gasteiger partial charge in [0.05, 0.1) is 36.7 Å². The van der Waals surface area contributed by atoms with Crippen LogP contribution in [0.1, 0.15) is 26.3 Å². The molecule has 0 N–H and O–H groups in total. The van der Waals surface area contributed by atoms with Crippen LogP contribution in [0.15, 0.2) is 61.2 Å². The average molecular weight is 512 g/mol. The van der Waals surface area contributed by atoms with Crippen LogP contribution in [0, 0.1) is 5.82 Å². The Labute approximate surface area is 217 Å². The van der Waals surface area contributed by atoms with E-state index in [9.17, 15) is 9.59 Å². The Hall–Kier alpha value is -3.59. The quantitative estimate of drug-likeness (QED) is 0.510. The van der Waals surface area contributed by atoms with Crippen molar-refractivity contribution >= 4 is 23.6 Å². The molecule has 2 atom stereocenters. The Morgan fingerprint density at radius 3 is 2.62 bits per heavy atom. The molecule has 2 saturated heterocycles. The summed E-state index contributed by atoms with van der Waals surface area (Å²) in [5, 5.41) is 0. The number of amides is 2. The monoisotopic (exact) mass is 511 g/mol. The first-order valence-corrected chi connectivity index (χ1v) is 12.4. The van der Waals surface area contributed by atoms with Crippen molar-refractivity contribution in [1.82, 2.24) is 4.90 Å². The molecule has 2 unspecified atom stereocenters. The smallest absolute Gasteiger partial charge is 0.414 e. The van der Waals surface area contributed by atoms with Gasteiger partial charge in [-0.3, -0.25) is 4.90 Å². The van der Waals surface area contributed by atoms with Crippen molar-refractivity contribution in [2.45, 2.75) is 45.1 Å². The highest BCUT2D eigenvalue weighted by Gasteiger charge is 2.43. The van der Waals surface area contributed by atoms with Crippen molar-refractivity contribution in [1.29, 1.82) is 0 Å². The third-order valence-corrected chi connectivity index (χ3v) is 6.24. The van der Waals surface area contributed by atoms with Crippen LogP contribution in [0.2, 0.25) is 0 Å². The minimum absolute atomic E-state index is 0.110. The number of hydrogen-bond donors (Lipinski definition) is 0. The molecule has 0 saturated carbocycles. The summed E-state index contributed by atoms with van der Waals surface area (Å²) in [6, 6.07) is 13.8. The van der Waals surface area contributed by atoms with Gasteiger partial charge in [-0.25, -0.2) is 14.0 Å². The molecule has 0 spiro atoms. The molecule has 2 aliphatic rings. The van der Waals surface area contributed by atoms with E-state index in [0.29, 0.717) is 37.6 Å². The highest BCUT2D eigenvalue weighted by molar-refractivity contribution is 5.88. The third-order valence-electron chi connectivity index (χ3n) is 6.24. The number of nitrogens with zero attached hydrogens (tertiary/aromatic N) is 3. The molecular formula is C28H34FN3O5. The van der Waals surface area contributed by atoms with Gasteiger partial charge in [0.25, 0.3) is 0 Å². The Kier molecular flexibility index (Phi) is 8.02. The molecule has 2 amide bonds. The number of anilines is 2. The van der Waals surface area contributed by atoms with Crippen molar-refractivity contribution in [2.24, 2.45) is 0 Å². The van der Waals surface area contributed by atoms with Crippen LogP contribution in [-0.2, 0) is 20.8 Å². The lowest BCUT2D eigenvalue weighted by atomic mass is 10.1. The molecule has 0 aromatic heterocycles. The van der Waals surface area contributed by atoms with E-state index in [1.165, 1.54) is 11.0 Å². The molecule has 2 aromatic carbocycles. The van der Waals surface area contributed by atoms with Crippen LogP contribution in [0.5, 0.6) is 0 Å². The number of carbonyl (C=O) groups excluding carboxylic acids is 2. The molecule has 9 heteroatoms. The standard InChI is InChI=1S/C28H34FN3O5/c1-5-13-31(27(34)36-19-20-9-7-6-8-10-20)21-11-12-23(22(29)16-21)32-14-15-35-25-18-30(17-24(25)32)26(33)37-28(2,3)4/h5-12,16,24-25H,1,13-15,17-19H2,2-4H3. The van der Waals surface area contributed by atoms with E-state index < -0.39 is 23.6 Å². The van der Waals surface area contributed by atoms with Gasteiger partial charge >= 0.3 is 12.2 Å². The van der Waals surface area contributed by atoms with Gasteiger partial charge in [-0.15, -0.1) is 6.58 Å². The minimum atomic E-state index is -0.604. The fourth-order valence-corrected chi connectivity index (χ4v) is 4.57. The lowest BCUT2D eigenvalue weighted by molar-refractivity contribution is 0.0162. The van der Waals surface area contributed by atoms with Crippen molar-refractivity contribution in [2.75, 3.05) is 42.6 Å². The predicted molar refractivity (Wildman–Crippen MR) is 139 cm³/mol. The molecule has 4 rings (SSSR count).